The number of aryl methyl sites for hydroxylation is 1. The number of carboxylic acids is 1. The molecule has 7 heteroatoms. The lowest BCUT2D eigenvalue weighted by Crippen LogP contribution is -2.39. The van der Waals surface area contributed by atoms with E-state index in [9.17, 15) is 14.4 Å². The first-order valence-corrected chi connectivity index (χ1v) is 7.17. The van der Waals surface area contributed by atoms with Gasteiger partial charge >= 0.3 is 11.7 Å². The maximum Gasteiger partial charge on any atom is 0.354 e. The average Bonchev–Trinajstić information content (AvgIpc) is 2.56. The number of fused-ring (bicyclic) bond motifs is 1. The second-order valence-electron chi connectivity index (χ2n) is 5.10. The van der Waals surface area contributed by atoms with Crippen molar-refractivity contribution < 1.29 is 9.90 Å². The number of allylic oxidation sites excluding steroid dienone is 5. The number of pyridine rings is 1. The number of hydrogen-bond acceptors (Lipinski definition) is 4. The minimum absolute atomic E-state index is 0. The van der Waals surface area contributed by atoms with E-state index in [1.807, 2.05) is 6.92 Å². The third-order valence-electron chi connectivity index (χ3n) is 3.51. The maximum atomic E-state index is 12.7. The van der Waals surface area contributed by atoms with Crippen molar-refractivity contribution in [3.05, 3.63) is 75.3 Å². The first-order chi connectivity index (χ1) is 11.4. The first kappa shape index (κ1) is 19.8. The number of aromatic nitrogens is 3. The first-order valence-electron chi connectivity index (χ1n) is 7.17. The maximum absolute atomic E-state index is 12.7. The van der Waals surface area contributed by atoms with Gasteiger partial charge in [-0.25, -0.2) is 14.6 Å². The molecule has 0 atom stereocenters. The van der Waals surface area contributed by atoms with Crippen molar-refractivity contribution in [2.24, 2.45) is 7.05 Å². The molecular formula is C18H21N3O4. The molecule has 0 aliphatic carbocycles. The van der Waals surface area contributed by atoms with Crippen LogP contribution >= 0.6 is 0 Å². The lowest BCUT2D eigenvalue weighted by Gasteiger charge is -2.11. The minimum atomic E-state index is -1.24. The highest BCUT2D eigenvalue weighted by Crippen LogP contribution is 2.09. The Hall–Kier alpha value is -3.22. The minimum Gasteiger partial charge on any atom is -0.477 e. The molecule has 0 fully saturated rings. The molecule has 2 aromatic rings. The van der Waals surface area contributed by atoms with Gasteiger partial charge in [0.1, 0.15) is 5.69 Å². The van der Waals surface area contributed by atoms with Crippen LogP contribution in [0.3, 0.4) is 0 Å². The molecule has 0 saturated heterocycles. The average molecular weight is 343 g/mol. The van der Waals surface area contributed by atoms with Crippen LogP contribution in [0.15, 0.2) is 58.3 Å². The van der Waals surface area contributed by atoms with Crippen molar-refractivity contribution in [1.29, 1.82) is 0 Å². The predicted octanol–water partition coefficient (Wildman–Crippen LogP) is 2.12. The summed E-state index contributed by atoms with van der Waals surface area (Å²) in [4.78, 5) is 40.0. The van der Waals surface area contributed by atoms with Crippen molar-refractivity contribution in [1.82, 2.24) is 14.1 Å². The van der Waals surface area contributed by atoms with Gasteiger partial charge in [0.05, 0.1) is 23.6 Å². The van der Waals surface area contributed by atoms with E-state index in [0.29, 0.717) is 0 Å². The fourth-order valence-corrected chi connectivity index (χ4v) is 2.37. The van der Waals surface area contributed by atoms with Crippen molar-refractivity contribution >= 4 is 16.9 Å². The number of hydrogen-bond donors (Lipinski definition) is 1. The lowest BCUT2D eigenvalue weighted by molar-refractivity contribution is 0.0690. The van der Waals surface area contributed by atoms with Crippen molar-refractivity contribution in [3.8, 4) is 0 Å². The normalized spacial score (nSPS) is 11.5. The van der Waals surface area contributed by atoms with Gasteiger partial charge in [-0.1, -0.05) is 38.3 Å². The van der Waals surface area contributed by atoms with E-state index in [0.717, 1.165) is 10.1 Å². The van der Waals surface area contributed by atoms with E-state index >= 15 is 0 Å². The highest BCUT2D eigenvalue weighted by atomic mass is 16.4. The molecule has 0 bridgehead atoms. The summed E-state index contributed by atoms with van der Waals surface area (Å²) in [6.45, 7) is 5.49. The number of nitrogens with zero attached hydrogens (tertiary/aromatic N) is 3. The number of carboxylic acid groups (broad SMARTS) is 1. The van der Waals surface area contributed by atoms with E-state index in [1.54, 1.807) is 24.3 Å². The predicted molar refractivity (Wildman–Crippen MR) is 98.0 cm³/mol. The largest absolute Gasteiger partial charge is 0.477 e. The highest BCUT2D eigenvalue weighted by molar-refractivity contribution is 5.90. The van der Waals surface area contributed by atoms with Gasteiger partial charge in [0, 0.05) is 7.05 Å². The van der Waals surface area contributed by atoms with Gasteiger partial charge in [0.2, 0.25) is 0 Å². The molecule has 0 aromatic carbocycles. The Bertz CT molecular complexity index is 994. The topological polar surface area (TPSA) is 94.2 Å². The van der Waals surface area contributed by atoms with Crippen LogP contribution in [0.25, 0.3) is 10.9 Å². The fourth-order valence-electron chi connectivity index (χ4n) is 2.37. The molecule has 132 valence electrons. The van der Waals surface area contributed by atoms with E-state index in [-0.39, 0.29) is 30.6 Å². The molecule has 25 heavy (non-hydrogen) atoms. The Kier molecular flexibility index (Phi) is 6.38. The van der Waals surface area contributed by atoms with Crippen molar-refractivity contribution in [2.45, 2.75) is 20.9 Å². The second kappa shape index (κ2) is 8.05. The summed E-state index contributed by atoms with van der Waals surface area (Å²) < 4.78 is 2.33. The Morgan fingerprint density at radius 1 is 1.40 bits per heavy atom. The quantitative estimate of drug-likeness (QED) is 0.839. The van der Waals surface area contributed by atoms with Crippen LogP contribution in [0.5, 0.6) is 0 Å². The van der Waals surface area contributed by atoms with Crippen LogP contribution in [0.4, 0.5) is 0 Å². The summed E-state index contributed by atoms with van der Waals surface area (Å²) in [6, 6.07) is 1.18. The lowest BCUT2D eigenvalue weighted by atomic mass is 10.2. The molecular weight excluding hydrogens is 322 g/mol. The zero-order valence-corrected chi connectivity index (χ0v) is 13.4. The molecule has 0 unspecified atom stereocenters. The van der Waals surface area contributed by atoms with E-state index in [2.05, 4.69) is 11.6 Å². The summed E-state index contributed by atoms with van der Waals surface area (Å²) in [5, 5.41) is 9.17. The molecule has 0 radical (unpaired) electrons. The van der Waals surface area contributed by atoms with Gasteiger partial charge in [-0.2, -0.15) is 0 Å². The van der Waals surface area contributed by atoms with Gasteiger partial charge in [0.15, 0.2) is 0 Å². The van der Waals surface area contributed by atoms with Crippen LogP contribution in [0.1, 0.15) is 24.8 Å². The molecule has 2 aromatic heterocycles. The Morgan fingerprint density at radius 3 is 2.64 bits per heavy atom. The number of aromatic carboxylic acids is 1. The number of rotatable bonds is 5. The molecule has 1 N–H and O–H groups in total. The van der Waals surface area contributed by atoms with Gasteiger partial charge in [0.25, 0.3) is 5.56 Å². The Labute approximate surface area is 144 Å². The fraction of sp³-hybridized carbons (Fsp3) is 0.222. The van der Waals surface area contributed by atoms with Gasteiger partial charge in [-0.15, -0.1) is 0 Å². The summed E-state index contributed by atoms with van der Waals surface area (Å²) in [7, 11) is 1.51. The summed E-state index contributed by atoms with van der Waals surface area (Å²) >= 11 is 0. The second-order valence-corrected chi connectivity index (χ2v) is 5.10. The Morgan fingerprint density at radius 2 is 2.08 bits per heavy atom. The molecule has 0 amide bonds. The third-order valence-corrected chi connectivity index (χ3v) is 3.51. The van der Waals surface area contributed by atoms with Crippen LogP contribution in [0, 0.1) is 0 Å². The van der Waals surface area contributed by atoms with Gasteiger partial charge in [-0.3, -0.25) is 13.9 Å². The van der Waals surface area contributed by atoms with E-state index in [4.69, 9.17) is 5.11 Å². The molecule has 2 rings (SSSR count). The third kappa shape index (κ3) is 3.82. The standard InChI is InChI=1S/C17H17N3O4.CH4/c1-4-6-11(7-5-2)10-20-15(21)12-8-13(16(22)23)18-9-14(12)19(3)17(20)24;/h4-9H,1,10H2,2-3H3,(H,22,23);1H4/b7-5-,11-6+;. The van der Waals surface area contributed by atoms with Gasteiger partial charge < -0.3 is 5.11 Å². The van der Waals surface area contributed by atoms with E-state index in [1.165, 1.54) is 23.9 Å². The van der Waals surface area contributed by atoms with Crippen molar-refractivity contribution in [2.75, 3.05) is 0 Å². The highest BCUT2D eigenvalue weighted by Gasteiger charge is 2.14. The monoisotopic (exact) mass is 343 g/mol. The summed E-state index contributed by atoms with van der Waals surface area (Å²) in [5.74, 6) is -1.24. The van der Waals surface area contributed by atoms with Crippen LogP contribution in [0.2, 0.25) is 0 Å². The smallest absolute Gasteiger partial charge is 0.354 e. The van der Waals surface area contributed by atoms with Crippen LogP contribution in [-0.2, 0) is 13.6 Å². The zero-order valence-electron chi connectivity index (χ0n) is 13.4. The molecule has 0 aliphatic heterocycles. The van der Waals surface area contributed by atoms with Crippen LogP contribution in [-0.4, -0.2) is 25.2 Å². The molecule has 2 heterocycles. The molecule has 0 spiro atoms. The molecule has 0 saturated carbocycles. The van der Waals surface area contributed by atoms with Crippen molar-refractivity contribution in [3.63, 3.8) is 0 Å². The van der Waals surface area contributed by atoms with E-state index < -0.39 is 17.2 Å². The van der Waals surface area contributed by atoms with Gasteiger partial charge in [-0.05, 0) is 18.6 Å². The Balaban J connectivity index is 0.00000312. The number of carbonyl (C=O) groups is 1. The summed E-state index contributed by atoms with van der Waals surface area (Å²) in [6.07, 6.45) is 8.05. The van der Waals surface area contributed by atoms with Crippen LogP contribution < -0.4 is 11.2 Å². The molecule has 0 aliphatic rings. The SMILES string of the molecule is C.C=C/C=C(\C=C/C)Cn1c(=O)c2cc(C(=O)O)ncc2n(C)c1=O. The summed E-state index contributed by atoms with van der Waals surface area (Å²) in [5.41, 5.74) is -0.306. The zero-order chi connectivity index (χ0) is 17.9. The molecule has 7 nitrogen and oxygen atoms in total.